The van der Waals surface area contributed by atoms with Gasteiger partial charge in [-0.25, -0.2) is 14.0 Å². The number of aliphatic carboxylic acids is 1. The molecule has 0 spiro atoms. The van der Waals surface area contributed by atoms with Gasteiger partial charge in [-0.15, -0.1) is 0 Å². The Kier molecular flexibility index (Phi) is 26.0. The van der Waals surface area contributed by atoms with Crippen LogP contribution < -0.4 is 23.7 Å². The van der Waals surface area contributed by atoms with E-state index in [1.54, 1.807) is 18.2 Å². The number of carbonyl (C=O) groups is 5. The quantitative estimate of drug-likeness (QED) is 0.00561. The van der Waals surface area contributed by atoms with Crippen molar-refractivity contribution in [1.82, 2.24) is 0 Å². The largest absolute Gasteiger partial charge is 0.507 e. The van der Waals surface area contributed by atoms with Gasteiger partial charge in [0.25, 0.3) is 0 Å². The number of ketones is 1. The topological polar surface area (TPSA) is 561 Å². The highest BCUT2D eigenvalue weighted by atomic mass is 16.8. The molecule has 574 valence electrons. The van der Waals surface area contributed by atoms with Crippen molar-refractivity contribution >= 4 is 58.9 Å². The average Bonchev–Trinajstić information content (AvgIpc) is 0.741. The highest BCUT2D eigenvalue weighted by molar-refractivity contribution is 6.09. The van der Waals surface area contributed by atoms with E-state index in [9.17, 15) is 106 Å². The molecule has 0 radical (unpaired) electrons. The molecular weight excluding hydrogens is 1430 g/mol. The second-order valence-corrected chi connectivity index (χ2v) is 24.5. The predicted octanol–water partition coefficient (Wildman–Crippen LogP) is -0.969. The Morgan fingerprint density at radius 2 is 0.963 bits per heavy atom. The lowest BCUT2D eigenvalue weighted by Crippen LogP contribution is -2.65. The van der Waals surface area contributed by atoms with Crippen molar-refractivity contribution in [1.29, 1.82) is 0 Å². The molecule has 0 bridgehead atoms. The van der Waals surface area contributed by atoms with E-state index < -0.39 is 220 Å². The smallest absolute Gasteiger partial charge is 0.402 e. The minimum absolute atomic E-state index is 0.0320. The fourth-order valence-electron chi connectivity index (χ4n) is 11.4. The fourth-order valence-corrected chi connectivity index (χ4v) is 11.4. The molecule has 5 aromatic carbocycles. The van der Waals surface area contributed by atoms with Crippen LogP contribution in [0.15, 0.2) is 120 Å². The first-order valence-corrected chi connectivity index (χ1v) is 32.5. The van der Waals surface area contributed by atoms with Crippen LogP contribution in [0.1, 0.15) is 33.5 Å². The molecule has 36 nitrogen and oxygen atoms in total. The SMILES string of the molecule is COc1cc(/C=C/C(=O)c2ccc(/C=C/C(=O)OC[C@H]3O[C@@H](Oc4ccc(/C=C/C(=O)OC[C@H]5O[C@@H](Oc6cc7c(O[C@@H]8O[C@H](COC(=O)CC(=O)O)[C@@H](O)[C@H](O)[C@H]8O)cc(O)cc7[o+]c6-c6ccc(O)c(O)c6)[C@H](O[C@@H]6O[C@H](CO)[C@@H](O)[C@H](O)[C@H]6O)[C@@H](O)[C@@H]5O)cc4)[C@H](O)[C@@H](O)[C@@H]3O)cc2OC)ccc1O. The minimum atomic E-state index is -2.22. The molecule has 0 unspecified atom stereocenters. The summed E-state index contributed by atoms with van der Waals surface area (Å²) in [7, 11) is 2.74. The van der Waals surface area contributed by atoms with Crippen molar-refractivity contribution in [3.8, 4) is 63.1 Å². The molecule has 107 heavy (non-hydrogen) atoms. The first-order valence-electron chi connectivity index (χ1n) is 32.5. The molecule has 4 aliphatic heterocycles. The van der Waals surface area contributed by atoms with Gasteiger partial charge >= 0.3 is 35.2 Å². The molecule has 0 aliphatic carbocycles. The van der Waals surface area contributed by atoms with E-state index in [0.29, 0.717) is 16.7 Å². The summed E-state index contributed by atoms with van der Waals surface area (Å²) in [4.78, 5) is 62.5. The molecule has 0 saturated carbocycles. The number of phenols is 4. The summed E-state index contributed by atoms with van der Waals surface area (Å²) in [5.41, 5.74) is 1.12. The summed E-state index contributed by atoms with van der Waals surface area (Å²) in [6, 6.07) is 21.0. The molecule has 4 saturated heterocycles. The summed E-state index contributed by atoms with van der Waals surface area (Å²) in [6.07, 6.45) is -32.0. The molecule has 4 fully saturated rings. The minimum Gasteiger partial charge on any atom is -0.507 e. The number of fused-ring (bicyclic) bond motifs is 1. The first kappa shape index (κ1) is 79.4. The number of carboxylic acid groups (broad SMARTS) is 1. The Labute approximate surface area is 604 Å². The monoisotopic (exact) mass is 1500 g/mol. The first-order chi connectivity index (χ1) is 51.0. The number of aliphatic hydroxyl groups is 12. The Balaban J connectivity index is 0.814. The maximum atomic E-state index is 13.4. The Morgan fingerprint density at radius 3 is 1.56 bits per heavy atom. The van der Waals surface area contributed by atoms with Gasteiger partial charge in [0.1, 0.15) is 146 Å². The van der Waals surface area contributed by atoms with E-state index >= 15 is 0 Å². The zero-order chi connectivity index (χ0) is 77.2. The van der Waals surface area contributed by atoms with E-state index in [2.05, 4.69) is 0 Å². The van der Waals surface area contributed by atoms with Crippen LogP contribution in [-0.4, -0.2) is 280 Å². The second-order valence-electron chi connectivity index (χ2n) is 24.5. The normalized spacial score (nSPS) is 28.8. The molecule has 4 aliphatic rings. The Hall–Kier alpha value is -10.2. The second kappa shape index (κ2) is 35.0. The van der Waals surface area contributed by atoms with Gasteiger partial charge in [0.15, 0.2) is 41.2 Å². The zero-order valence-electron chi connectivity index (χ0n) is 56.1. The standard InChI is InChI=1S/C71H74O36/c1-94-42-19-31(5-13-36(42)38(74)14-6-32-7-15-40(76)45(20-32)95-2)9-18-53(81)96-27-48-56(84)60(88)63(91)68(104-48)99-35-11-3-30(4-12-35)8-17-52(80)97-28-50-58(86)62(90)67(107-70-65(93)59(87)55(83)47(26-72)103-70)71(106-50)102-46-24-37-43(100-66(46)33-10-16-39(75)41(77)21-33)22-34(73)23-44(37)101-69-64(92)61(89)57(85)49(105-69)29-98-54(82)25-51(78)79/h3-24,47-50,55-65,67-72,83-93H,25-29H2,1-2H3,(H4-,73,74,75,76,77,78,79,81)/p+1/b17-8+/t47-,48-,49-,50-,55-,56-,57-,58-,59+,60+,61+,62+,63-,64-,65-,67-,68-,69-,70+,71-/m1/s1. The summed E-state index contributed by atoms with van der Waals surface area (Å²) in [5, 5.41) is 181. The van der Waals surface area contributed by atoms with Crippen LogP contribution in [0.3, 0.4) is 0 Å². The number of ether oxygens (including phenoxy) is 13. The third-order valence-electron chi connectivity index (χ3n) is 17.2. The number of rotatable bonds is 27. The van der Waals surface area contributed by atoms with Gasteiger partial charge in [0.2, 0.25) is 24.6 Å². The number of benzene rings is 5. The molecular formula is C71H75O36+. The molecule has 5 heterocycles. The van der Waals surface area contributed by atoms with Crippen LogP contribution in [0.4, 0.5) is 0 Å². The van der Waals surface area contributed by atoms with E-state index in [-0.39, 0.29) is 45.1 Å². The van der Waals surface area contributed by atoms with Crippen molar-refractivity contribution in [3.05, 3.63) is 138 Å². The average molecular weight is 1500 g/mol. The molecule has 20 atom stereocenters. The Morgan fingerprint density at radius 1 is 0.458 bits per heavy atom. The zero-order valence-corrected chi connectivity index (χ0v) is 56.1. The molecule has 1 aromatic heterocycles. The van der Waals surface area contributed by atoms with Crippen LogP contribution in [-0.2, 0) is 57.1 Å². The van der Waals surface area contributed by atoms with Gasteiger partial charge in [-0.3, -0.25) is 14.4 Å². The van der Waals surface area contributed by atoms with Crippen LogP contribution >= 0.6 is 0 Å². The number of hydrogen-bond donors (Lipinski definition) is 17. The lowest BCUT2D eigenvalue weighted by Gasteiger charge is -2.45. The van der Waals surface area contributed by atoms with Gasteiger partial charge in [0.05, 0.1) is 38.0 Å². The maximum Gasteiger partial charge on any atom is 0.402 e. The lowest BCUT2D eigenvalue weighted by molar-refractivity contribution is -0.357. The molecule has 17 N–H and O–H groups in total. The van der Waals surface area contributed by atoms with E-state index in [0.717, 1.165) is 42.5 Å². The predicted molar refractivity (Wildman–Crippen MR) is 356 cm³/mol. The van der Waals surface area contributed by atoms with Gasteiger partial charge in [-0.1, -0.05) is 30.3 Å². The third kappa shape index (κ3) is 19.0. The van der Waals surface area contributed by atoms with Crippen molar-refractivity contribution in [2.75, 3.05) is 40.6 Å². The van der Waals surface area contributed by atoms with E-state index in [1.165, 1.54) is 87.1 Å². The van der Waals surface area contributed by atoms with Crippen LogP contribution in [0, 0.1) is 0 Å². The molecule has 10 rings (SSSR count). The van der Waals surface area contributed by atoms with Gasteiger partial charge < -0.3 is 148 Å². The van der Waals surface area contributed by atoms with Crippen molar-refractivity contribution in [3.63, 3.8) is 0 Å². The fraction of sp³-hybridized carbons (Fsp3) is 0.380. The van der Waals surface area contributed by atoms with Crippen LogP contribution in [0.2, 0.25) is 0 Å². The summed E-state index contributed by atoms with van der Waals surface area (Å²) in [6.45, 7) is -3.32. The van der Waals surface area contributed by atoms with Crippen molar-refractivity contribution in [2.24, 2.45) is 0 Å². The van der Waals surface area contributed by atoms with E-state index in [4.69, 9.17) is 71.1 Å². The highest BCUT2D eigenvalue weighted by Crippen LogP contribution is 2.44. The summed E-state index contributed by atoms with van der Waals surface area (Å²) >= 11 is 0. The number of allylic oxidation sites excluding steroid dienone is 1. The van der Waals surface area contributed by atoms with Gasteiger partial charge in [-0.05, 0) is 83.4 Å². The van der Waals surface area contributed by atoms with Crippen LogP contribution in [0.25, 0.3) is 40.5 Å². The number of aliphatic hydroxyl groups excluding tert-OH is 12. The number of aromatic hydroxyl groups is 4. The number of phenolic OH excluding ortho intramolecular Hbond substituents is 4. The number of esters is 3. The van der Waals surface area contributed by atoms with Crippen molar-refractivity contribution < 1.29 is 177 Å². The molecule has 0 amide bonds. The highest BCUT2D eigenvalue weighted by Gasteiger charge is 2.53. The number of carboxylic acids is 1. The summed E-state index contributed by atoms with van der Waals surface area (Å²) in [5.74, 6) is -8.17. The van der Waals surface area contributed by atoms with E-state index in [1.807, 2.05) is 0 Å². The number of methoxy groups -OCH3 is 2. The maximum absolute atomic E-state index is 13.4. The molecule has 6 aromatic rings. The summed E-state index contributed by atoms with van der Waals surface area (Å²) < 4.78 is 79.5. The van der Waals surface area contributed by atoms with Crippen molar-refractivity contribution in [2.45, 2.75) is 129 Å². The molecule has 36 heteroatoms. The van der Waals surface area contributed by atoms with Crippen LogP contribution in [0.5, 0.6) is 51.7 Å². The van der Waals surface area contributed by atoms with Gasteiger partial charge in [-0.2, -0.15) is 0 Å². The van der Waals surface area contributed by atoms with Gasteiger partial charge in [0, 0.05) is 30.4 Å². The number of hydrogen-bond acceptors (Lipinski definition) is 34. The third-order valence-corrected chi connectivity index (χ3v) is 17.2. The lowest BCUT2D eigenvalue weighted by atomic mass is 9.97. The number of carbonyl (C=O) groups excluding carboxylic acids is 4. The Bertz CT molecular complexity index is 4240.